The van der Waals surface area contributed by atoms with Crippen LogP contribution in [0.25, 0.3) is 5.69 Å². The maximum absolute atomic E-state index is 12.8. The number of nitrogens with zero attached hydrogens (tertiary/aromatic N) is 4. The smallest absolute Gasteiger partial charge is 0.293 e. The number of benzene rings is 1. The fourth-order valence-corrected chi connectivity index (χ4v) is 3.36. The van der Waals surface area contributed by atoms with Crippen molar-refractivity contribution < 1.29 is 9.53 Å². The number of morpholine rings is 1. The molecule has 0 N–H and O–H groups in total. The Morgan fingerprint density at radius 2 is 1.84 bits per heavy atom. The van der Waals surface area contributed by atoms with Gasteiger partial charge in [-0.15, -0.1) is 5.10 Å². The molecule has 3 rings (SSSR count). The van der Waals surface area contributed by atoms with Gasteiger partial charge in [0.15, 0.2) is 0 Å². The first kappa shape index (κ1) is 17.6. The molecule has 6 nitrogen and oxygen atoms in total. The van der Waals surface area contributed by atoms with Crippen molar-refractivity contribution >= 4 is 5.91 Å². The normalized spacial score (nSPS) is 21.0. The summed E-state index contributed by atoms with van der Waals surface area (Å²) in [6, 6.07) is 8.11. The lowest BCUT2D eigenvalue weighted by molar-refractivity contribution is -0.0588. The van der Waals surface area contributed by atoms with Gasteiger partial charge in [-0.05, 0) is 38.3 Å². The molecule has 0 bridgehead atoms. The number of para-hydroxylation sites is 1. The van der Waals surface area contributed by atoms with Crippen LogP contribution in [0.1, 0.15) is 55.6 Å². The summed E-state index contributed by atoms with van der Waals surface area (Å²) in [4.78, 5) is 19.1. The van der Waals surface area contributed by atoms with Crippen LogP contribution in [-0.4, -0.2) is 50.9 Å². The zero-order valence-corrected chi connectivity index (χ0v) is 15.6. The van der Waals surface area contributed by atoms with E-state index in [1.807, 2.05) is 39.0 Å². The molecule has 6 heteroatoms. The Bertz CT molecular complexity index is 759. The minimum atomic E-state index is -0.133. The maximum atomic E-state index is 12.8. The van der Waals surface area contributed by atoms with E-state index in [9.17, 15) is 4.79 Å². The summed E-state index contributed by atoms with van der Waals surface area (Å²) in [6.07, 6.45) is 0.0510. The van der Waals surface area contributed by atoms with E-state index in [1.54, 1.807) is 9.58 Å². The van der Waals surface area contributed by atoms with Crippen LogP contribution in [0, 0.1) is 6.92 Å². The lowest BCUT2D eigenvalue weighted by atomic mass is 10.0. The van der Waals surface area contributed by atoms with E-state index in [4.69, 9.17) is 4.74 Å². The van der Waals surface area contributed by atoms with E-state index < -0.39 is 0 Å². The Labute approximate surface area is 148 Å². The predicted octanol–water partition coefficient (Wildman–Crippen LogP) is 2.95. The van der Waals surface area contributed by atoms with Crippen molar-refractivity contribution in [1.82, 2.24) is 19.7 Å². The fraction of sp³-hybridized carbons (Fsp3) is 0.526. The van der Waals surface area contributed by atoms with Crippen molar-refractivity contribution in [1.29, 1.82) is 0 Å². The predicted molar refractivity (Wildman–Crippen MR) is 96.1 cm³/mol. The third-order valence-electron chi connectivity index (χ3n) is 4.45. The molecule has 2 aromatic rings. The van der Waals surface area contributed by atoms with Crippen LogP contribution in [-0.2, 0) is 4.74 Å². The van der Waals surface area contributed by atoms with Gasteiger partial charge in [-0.1, -0.05) is 32.0 Å². The molecule has 0 unspecified atom stereocenters. The van der Waals surface area contributed by atoms with Crippen molar-refractivity contribution in [2.24, 2.45) is 0 Å². The maximum Gasteiger partial charge on any atom is 0.293 e. The summed E-state index contributed by atoms with van der Waals surface area (Å²) in [7, 11) is 0. The number of ether oxygens (including phenoxy) is 1. The van der Waals surface area contributed by atoms with E-state index >= 15 is 0 Å². The third kappa shape index (κ3) is 3.58. The quantitative estimate of drug-likeness (QED) is 0.860. The van der Waals surface area contributed by atoms with Crippen LogP contribution in [0.4, 0.5) is 0 Å². The van der Waals surface area contributed by atoms with Crippen LogP contribution in [0.2, 0.25) is 0 Å². The number of hydrogen-bond donors (Lipinski definition) is 0. The molecular weight excluding hydrogens is 316 g/mol. The average Bonchev–Trinajstić information content (AvgIpc) is 2.95. The van der Waals surface area contributed by atoms with E-state index in [0.29, 0.717) is 24.8 Å². The van der Waals surface area contributed by atoms with Gasteiger partial charge in [-0.3, -0.25) is 4.79 Å². The standard InChI is InChI=1S/C19H26N4O2/c1-12(2)16-8-6-7-9-17(16)23-15(5)20-18(21-23)19(24)22-10-13(3)25-14(4)11-22/h6-9,12-14H,10-11H2,1-5H3/t13-,14-/m0/s1. The summed E-state index contributed by atoms with van der Waals surface area (Å²) in [5, 5.41) is 4.52. The van der Waals surface area contributed by atoms with Gasteiger partial charge in [0.05, 0.1) is 17.9 Å². The van der Waals surface area contributed by atoms with Gasteiger partial charge in [0, 0.05) is 13.1 Å². The number of carbonyl (C=O) groups is 1. The minimum Gasteiger partial charge on any atom is -0.372 e. The summed E-state index contributed by atoms with van der Waals surface area (Å²) in [6.45, 7) is 11.3. The Hall–Kier alpha value is -2.21. The van der Waals surface area contributed by atoms with Crippen molar-refractivity contribution in [3.63, 3.8) is 0 Å². The lowest BCUT2D eigenvalue weighted by Crippen LogP contribution is -2.48. The van der Waals surface area contributed by atoms with Gasteiger partial charge in [0.1, 0.15) is 5.82 Å². The molecule has 1 aromatic carbocycles. The molecule has 2 atom stereocenters. The SMILES string of the molecule is Cc1nc(C(=O)N2C[C@H](C)O[C@@H](C)C2)nn1-c1ccccc1C(C)C. The lowest BCUT2D eigenvalue weighted by Gasteiger charge is -2.34. The zero-order valence-electron chi connectivity index (χ0n) is 15.6. The highest BCUT2D eigenvalue weighted by molar-refractivity contribution is 5.90. The van der Waals surface area contributed by atoms with Gasteiger partial charge in [-0.25, -0.2) is 9.67 Å². The first-order valence-corrected chi connectivity index (χ1v) is 8.84. The van der Waals surface area contributed by atoms with Crippen molar-refractivity contribution in [2.75, 3.05) is 13.1 Å². The molecule has 1 fully saturated rings. The molecule has 0 saturated carbocycles. The molecule has 0 aliphatic carbocycles. The molecular formula is C19H26N4O2. The molecule has 1 aliphatic rings. The molecule has 0 radical (unpaired) electrons. The Morgan fingerprint density at radius 1 is 1.20 bits per heavy atom. The monoisotopic (exact) mass is 342 g/mol. The summed E-state index contributed by atoms with van der Waals surface area (Å²) >= 11 is 0. The van der Waals surface area contributed by atoms with Crippen LogP contribution >= 0.6 is 0 Å². The van der Waals surface area contributed by atoms with Gasteiger partial charge in [0.2, 0.25) is 5.82 Å². The Balaban J connectivity index is 1.92. The van der Waals surface area contributed by atoms with Crippen LogP contribution in [0.3, 0.4) is 0 Å². The number of carbonyl (C=O) groups excluding carboxylic acids is 1. The summed E-state index contributed by atoms with van der Waals surface area (Å²) < 4.78 is 7.48. The molecule has 0 spiro atoms. The van der Waals surface area contributed by atoms with Crippen molar-refractivity contribution in [2.45, 2.75) is 52.7 Å². The van der Waals surface area contributed by atoms with Crippen molar-refractivity contribution in [3.8, 4) is 5.69 Å². The van der Waals surface area contributed by atoms with Crippen molar-refractivity contribution in [3.05, 3.63) is 41.5 Å². The number of aryl methyl sites for hydroxylation is 1. The van der Waals surface area contributed by atoms with Crippen LogP contribution in [0.15, 0.2) is 24.3 Å². The zero-order chi connectivity index (χ0) is 18.1. The second-order valence-corrected chi connectivity index (χ2v) is 7.08. The van der Waals surface area contributed by atoms with E-state index in [2.05, 4.69) is 30.0 Å². The topological polar surface area (TPSA) is 60.3 Å². The van der Waals surface area contributed by atoms with Crippen LogP contribution < -0.4 is 0 Å². The van der Waals surface area contributed by atoms with E-state index in [-0.39, 0.29) is 23.9 Å². The largest absolute Gasteiger partial charge is 0.372 e. The minimum absolute atomic E-state index is 0.0255. The second kappa shape index (κ2) is 6.96. The Kier molecular flexibility index (Phi) is 4.90. The molecule has 25 heavy (non-hydrogen) atoms. The van der Waals surface area contributed by atoms with Gasteiger partial charge in [-0.2, -0.15) is 0 Å². The summed E-state index contributed by atoms with van der Waals surface area (Å²) in [5.41, 5.74) is 2.16. The average molecular weight is 342 g/mol. The van der Waals surface area contributed by atoms with Gasteiger partial charge >= 0.3 is 0 Å². The fourth-order valence-electron chi connectivity index (χ4n) is 3.36. The van der Waals surface area contributed by atoms with Gasteiger partial charge in [0.25, 0.3) is 5.91 Å². The molecule has 1 aromatic heterocycles. The number of aromatic nitrogens is 3. The highest BCUT2D eigenvalue weighted by Gasteiger charge is 2.29. The van der Waals surface area contributed by atoms with Gasteiger partial charge < -0.3 is 9.64 Å². The Morgan fingerprint density at radius 3 is 2.48 bits per heavy atom. The molecule has 2 heterocycles. The van der Waals surface area contributed by atoms with E-state index in [0.717, 1.165) is 5.69 Å². The molecule has 1 saturated heterocycles. The molecule has 134 valence electrons. The number of rotatable bonds is 3. The first-order valence-electron chi connectivity index (χ1n) is 8.84. The highest BCUT2D eigenvalue weighted by atomic mass is 16.5. The summed E-state index contributed by atoms with van der Waals surface area (Å²) in [5.74, 6) is 1.19. The highest BCUT2D eigenvalue weighted by Crippen LogP contribution is 2.23. The first-order chi connectivity index (χ1) is 11.9. The molecule has 1 amide bonds. The molecule has 1 aliphatic heterocycles. The van der Waals surface area contributed by atoms with Crippen LogP contribution in [0.5, 0.6) is 0 Å². The second-order valence-electron chi connectivity index (χ2n) is 7.08. The number of amides is 1. The number of hydrogen-bond acceptors (Lipinski definition) is 4. The third-order valence-corrected chi connectivity index (χ3v) is 4.45. The van der Waals surface area contributed by atoms with E-state index in [1.165, 1.54) is 5.56 Å².